The van der Waals surface area contributed by atoms with Crippen molar-refractivity contribution < 1.29 is 24.2 Å². The van der Waals surface area contributed by atoms with Crippen LogP contribution in [0.2, 0.25) is 0 Å². The van der Waals surface area contributed by atoms with Crippen LogP contribution in [0.4, 0.5) is 0 Å². The highest BCUT2D eigenvalue weighted by atomic mass is 16.4. The van der Waals surface area contributed by atoms with Crippen molar-refractivity contribution in [2.24, 2.45) is 0 Å². The Labute approximate surface area is 132 Å². The van der Waals surface area contributed by atoms with E-state index in [1.165, 1.54) is 4.90 Å². The van der Waals surface area contributed by atoms with E-state index in [0.717, 1.165) is 0 Å². The maximum atomic E-state index is 12.4. The van der Waals surface area contributed by atoms with Gasteiger partial charge in [0.2, 0.25) is 0 Å². The van der Waals surface area contributed by atoms with Gasteiger partial charge in [-0.15, -0.1) is 0 Å². The van der Waals surface area contributed by atoms with Crippen molar-refractivity contribution in [3.63, 3.8) is 0 Å². The van der Waals surface area contributed by atoms with Gasteiger partial charge in [-0.3, -0.25) is 4.79 Å². The first-order valence-corrected chi connectivity index (χ1v) is 7.27. The second-order valence-corrected chi connectivity index (χ2v) is 5.63. The molecule has 0 saturated carbocycles. The van der Waals surface area contributed by atoms with Crippen molar-refractivity contribution in [2.45, 2.75) is 25.0 Å². The number of carbonyl (C=O) groups excluding carboxylic acids is 1. The first-order valence-electron chi connectivity index (χ1n) is 7.27. The number of carboxylic acid groups (broad SMARTS) is 1. The minimum Gasteiger partial charge on any atom is -0.479 e. The van der Waals surface area contributed by atoms with Crippen LogP contribution in [-0.2, 0) is 11.3 Å². The summed E-state index contributed by atoms with van der Waals surface area (Å²) in [5, 5.41) is 18.9. The molecule has 8 nitrogen and oxygen atoms in total. The number of hydrogen-bond acceptors (Lipinski definition) is 5. The second kappa shape index (κ2) is 5.88. The zero-order valence-corrected chi connectivity index (χ0v) is 12.4. The molecule has 1 fully saturated rings. The summed E-state index contributed by atoms with van der Waals surface area (Å²) in [5.41, 5.74) is -1.74. The van der Waals surface area contributed by atoms with E-state index in [1.807, 2.05) is 4.57 Å². The van der Waals surface area contributed by atoms with E-state index in [-0.39, 0.29) is 37.6 Å². The molecular weight excluding hydrogens is 302 g/mol. The fourth-order valence-corrected chi connectivity index (χ4v) is 2.59. The topological polar surface area (TPSA) is 109 Å². The highest BCUT2D eigenvalue weighted by molar-refractivity contribution is 5.91. The lowest BCUT2D eigenvalue weighted by Crippen LogP contribution is -2.50. The summed E-state index contributed by atoms with van der Waals surface area (Å²) in [6, 6.07) is 3.33. The second-order valence-electron chi connectivity index (χ2n) is 5.63. The van der Waals surface area contributed by atoms with Crippen molar-refractivity contribution in [1.29, 1.82) is 0 Å². The van der Waals surface area contributed by atoms with Crippen molar-refractivity contribution >= 4 is 11.9 Å². The number of furan rings is 1. The molecule has 122 valence electrons. The lowest BCUT2D eigenvalue weighted by Gasteiger charge is -2.34. The molecule has 0 radical (unpaired) electrons. The van der Waals surface area contributed by atoms with Gasteiger partial charge in [-0.05, 0) is 12.1 Å². The average Bonchev–Trinajstić information content (AvgIpc) is 3.19. The quantitative estimate of drug-likeness (QED) is 0.853. The largest absolute Gasteiger partial charge is 0.479 e. The van der Waals surface area contributed by atoms with Crippen LogP contribution >= 0.6 is 0 Å². The standard InChI is InChI=1S/C15H17N3O5/c19-13(18-6-3-15(22,4-7-18)14(20)21)12-2-1-11(23-12)9-17-8-5-16-10-17/h1-2,5,8,10,22H,3-4,6-7,9H2,(H,20,21). The van der Waals surface area contributed by atoms with Gasteiger partial charge in [-0.1, -0.05) is 0 Å². The van der Waals surface area contributed by atoms with Gasteiger partial charge < -0.3 is 24.1 Å². The fourth-order valence-electron chi connectivity index (χ4n) is 2.59. The Kier molecular flexibility index (Phi) is 3.91. The van der Waals surface area contributed by atoms with Gasteiger partial charge in [0, 0.05) is 38.3 Å². The summed E-state index contributed by atoms with van der Waals surface area (Å²) in [5.74, 6) is -0.703. The van der Waals surface area contributed by atoms with E-state index < -0.39 is 11.6 Å². The maximum absolute atomic E-state index is 12.4. The summed E-state index contributed by atoms with van der Waals surface area (Å²) in [7, 11) is 0. The summed E-state index contributed by atoms with van der Waals surface area (Å²) >= 11 is 0. The normalized spacial score (nSPS) is 17.2. The number of nitrogens with zero attached hydrogens (tertiary/aromatic N) is 3. The molecule has 2 N–H and O–H groups in total. The molecule has 1 amide bonds. The van der Waals surface area contributed by atoms with E-state index in [9.17, 15) is 14.7 Å². The van der Waals surface area contributed by atoms with Gasteiger partial charge >= 0.3 is 5.97 Å². The monoisotopic (exact) mass is 319 g/mol. The number of amides is 1. The van der Waals surface area contributed by atoms with Crippen LogP contribution in [0.15, 0.2) is 35.3 Å². The molecule has 8 heteroatoms. The SMILES string of the molecule is O=C(c1ccc(Cn2ccnc2)o1)N1CCC(O)(C(=O)O)CC1. The number of aliphatic hydroxyl groups is 1. The molecule has 2 aromatic heterocycles. The molecular formula is C15H17N3O5. The molecule has 2 aromatic rings. The van der Waals surface area contributed by atoms with Crippen LogP contribution in [0.1, 0.15) is 29.2 Å². The predicted octanol–water partition coefficient (Wildman–Crippen LogP) is 0.576. The van der Waals surface area contributed by atoms with Crippen LogP contribution in [0.25, 0.3) is 0 Å². The van der Waals surface area contributed by atoms with Crippen molar-refractivity contribution in [3.8, 4) is 0 Å². The number of rotatable bonds is 4. The first-order chi connectivity index (χ1) is 11.0. The van der Waals surface area contributed by atoms with Gasteiger partial charge in [0.15, 0.2) is 11.4 Å². The molecule has 0 spiro atoms. The molecule has 23 heavy (non-hydrogen) atoms. The number of aliphatic carboxylic acids is 1. The summed E-state index contributed by atoms with van der Waals surface area (Å²) in [4.78, 5) is 28.8. The molecule has 0 atom stereocenters. The van der Waals surface area contributed by atoms with Gasteiger partial charge in [0.05, 0.1) is 12.9 Å². The number of aromatic nitrogens is 2. The molecule has 1 saturated heterocycles. The summed E-state index contributed by atoms with van der Waals surface area (Å²) in [6.07, 6.45) is 5.13. The van der Waals surface area contributed by atoms with Gasteiger partial charge in [-0.25, -0.2) is 9.78 Å². The van der Waals surface area contributed by atoms with E-state index in [1.54, 1.807) is 30.9 Å². The van der Waals surface area contributed by atoms with Gasteiger partial charge in [0.1, 0.15) is 5.76 Å². The van der Waals surface area contributed by atoms with Crippen molar-refractivity contribution in [1.82, 2.24) is 14.5 Å². The van der Waals surface area contributed by atoms with Crippen LogP contribution in [0, 0.1) is 0 Å². The van der Waals surface area contributed by atoms with Crippen LogP contribution in [0.5, 0.6) is 0 Å². The highest BCUT2D eigenvalue weighted by Gasteiger charge is 2.40. The Balaban J connectivity index is 1.63. The molecule has 1 aliphatic heterocycles. The Morgan fingerprint density at radius 3 is 2.65 bits per heavy atom. The third-order valence-electron chi connectivity index (χ3n) is 4.05. The van der Waals surface area contributed by atoms with E-state index >= 15 is 0 Å². The van der Waals surface area contributed by atoms with E-state index in [2.05, 4.69) is 4.98 Å². The van der Waals surface area contributed by atoms with E-state index in [4.69, 9.17) is 9.52 Å². The smallest absolute Gasteiger partial charge is 0.335 e. The summed E-state index contributed by atoms with van der Waals surface area (Å²) in [6.45, 7) is 0.838. The number of imidazole rings is 1. The molecule has 0 aromatic carbocycles. The predicted molar refractivity (Wildman–Crippen MR) is 77.8 cm³/mol. The van der Waals surface area contributed by atoms with Gasteiger partial charge in [-0.2, -0.15) is 0 Å². The highest BCUT2D eigenvalue weighted by Crippen LogP contribution is 2.24. The molecule has 3 heterocycles. The van der Waals surface area contributed by atoms with Gasteiger partial charge in [0.25, 0.3) is 5.91 Å². The number of hydrogen-bond donors (Lipinski definition) is 2. The van der Waals surface area contributed by atoms with Crippen LogP contribution in [0.3, 0.4) is 0 Å². The van der Waals surface area contributed by atoms with Crippen LogP contribution < -0.4 is 0 Å². The fraction of sp³-hybridized carbons (Fsp3) is 0.400. The third kappa shape index (κ3) is 3.11. The molecule has 1 aliphatic rings. The maximum Gasteiger partial charge on any atom is 0.335 e. The molecule has 3 rings (SSSR count). The van der Waals surface area contributed by atoms with Crippen LogP contribution in [-0.4, -0.2) is 55.2 Å². The zero-order valence-electron chi connectivity index (χ0n) is 12.4. The van der Waals surface area contributed by atoms with Crippen molar-refractivity contribution in [2.75, 3.05) is 13.1 Å². The Bertz CT molecular complexity index is 699. The minimum absolute atomic E-state index is 0.0106. The number of carboxylic acids is 1. The molecule has 0 aliphatic carbocycles. The van der Waals surface area contributed by atoms with E-state index in [0.29, 0.717) is 12.3 Å². The average molecular weight is 319 g/mol. The molecule has 0 unspecified atom stereocenters. The first kappa shape index (κ1) is 15.3. The Morgan fingerprint density at radius 2 is 2.04 bits per heavy atom. The molecule has 0 bridgehead atoms. The number of likely N-dealkylation sites (tertiary alicyclic amines) is 1. The van der Waals surface area contributed by atoms with Crippen molar-refractivity contribution in [3.05, 3.63) is 42.4 Å². The lowest BCUT2D eigenvalue weighted by atomic mass is 9.91. The minimum atomic E-state index is -1.74. The third-order valence-corrected chi connectivity index (χ3v) is 4.05. The summed E-state index contributed by atoms with van der Waals surface area (Å²) < 4.78 is 7.37. The Hall–Kier alpha value is -2.61. The number of carbonyl (C=O) groups is 2. The zero-order chi connectivity index (χ0) is 16.4. The lowest BCUT2D eigenvalue weighted by molar-refractivity contribution is -0.162. The Morgan fingerprint density at radius 1 is 1.30 bits per heavy atom. The number of piperidine rings is 1.